The van der Waals surface area contributed by atoms with Crippen LogP contribution in [0.5, 0.6) is 0 Å². The fourth-order valence-electron chi connectivity index (χ4n) is 3.36. The molecule has 120 valence electrons. The predicted octanol–water partition coefficient (Wildman–Crippen LogP) is 4.47. The average molecular weight is 301 g/mol. The lowest BCUT2D eigenvalue weighted by molar-refractivity contribution is -0.123. The van der Waals surface area contributed by atoms with Gasteiger partial charge in [-0.05, 0) is 36.2 Å². The van der Waals surface area contributed by atoms with Crippen molar-refractivity contribution in [3.8, 4) is 0 Å². The van der Waals surface area contributed by atoms with Crippen LogP contribution in [-0.2, 0) is 16.2 Å². The summed E-state index contributed by atoms with van der Waals surface area (Å²) in [7, 11) is 0. The highest BCUT2D eigenvalue weighted by Crippen LogP contribution is 2.37. The Bertz CT molecular complexity index is 497. The van der Waals surface area contributed by atoms with E-state index in [1.54, 1.807) is 0 Å². The maximum absolute atomic E-state index is 12.0. The van der Waals surface area contributed by atoms with Crippen LogP contribution in [0.25, 0.3) is 0 Å². The molecule has 1 saturated carbocycles. The number of nitrogens with zero attached hydrogens (tertiary/aromatic N) is 1. The summed E-state index contributed by atoms with van der Waals surface area (Å²) in [5.41, 5.74) is 1.12. The summed E-state index contributed by atoms with van der Waals surface area (Å²) in [5.74, 6) is 2.05. The second-order valence-corrected chi connectivity index (χ2v) is 6.63. The van der Waals surface area contributed by atoms with Gasteiger partial charge in [-0.1, -0.05) is 56.3 Å². The minimum absolute atomic E-state index is 0.230. The zero-order valence-electron chi connectivity index (χ0n) is 13.9. The van der Waals surface area contributed by atoms with Crippen LogP contribution in [0.15, 0.2) is 35.5 Å². The van der Waals surface area contributed by atoms with Gasteiger partial charge in [-0.2, -0.15) is 0 Å². The molecule has 2 unspecified atom stereocenters. The molecule has 0 aromatic heterocycles. The minimum Gasteiger partial charge on any atom is -0.391 e. The van der Waals surface area contributed by atoms with Gasteiger partial charge in [0.2, 0.25) is 0 Å². The van der Waals surface area contributed by atoms with E-state index in [9.17, 15) is 4.79 Å². The van der Waals surface area contributed by atoms with E-state index in [-0.39, 0.29) is 5.92 Å². The van der Waals surface area contributed by atoms with Gasteiger partial charge in [0.1, 0.15) is 12.4 Å². The molecule has 0 N–H and O–H groups in total. The number of Topliss-reactive ketones (excluding diaryl/α,β-unsaturated/α-hetero) is 1. The zero-order chi connectivity index (χ0) is 15.9. The number of rotatable bonds is 7. The van der Waals surface area contributed by atoms with Crippen molar-refractivity contribution in [1.82, 2.24) is 0 Å². The SMILES string of the molecule is CC1CCC(=O)[C@@H]1C(C)[C@H](C)C/C=N/OCc1ccccc1. The summed E-state index contributed by atoms with van der Waals surface area (Å²) < 4.78 is 0. The molecule has 0 heterocycles. The molecule has 2 rings (SSSR count). The van der Waals surface area contributed by atoms with Crippen molar-refractivity contribution in [2.45, 2.75) is 46.6 Å². The second kappa shape index (κ2) is 8.11. The van der Waals surface area contributed by atoms with E-state index in [1.807, 2.05) is 36.5 Å². The summed E-state index contributed by atoms with van der Waals surface area (Å²) in [6.45, 7) is 7.11. The fraction of sp³-hybridized carbons (Fsp3) is 0.579. The third-order valence-corrected chi connectivity index (χ3v) is 5.00. The third-order valence-electron chi connectivity index (χ3n) is 5.00. The summed E-state index contributed by atoms with van der Waals surface area (Å²) in [5, 5.41) is 4.04. The van der Waals surface area contributed by atoms with Gasteiger partial charge in [0.15, 0.2) is 0 Å². The van der Waals surface area contributed by atoms with Crippen LogP contribution >= 0.6 is 0 Å². The van der Waals surface area contributed by atoms with E-state index in [1.165, 1.54) is 0 Å². The Morgan fingerprint density at radius 3 is 2.68 bits per heavy atom. The van der Waals surface area contributed by atoms with Gasteiger partial charge < -0.3 is 4.84 Å². The van der Waals surface area contributed by atoms with Crippen molar-refractivity contribution in [2.24, 2.45) is 28.8 Å². The minimum atomic E-state index is 0.230. The molecule has 4 atom stereocenters. The topological polar surface area (TPSA) is 38.7 Å². The maximum atomic E-state index is 12.0. The summed E-state index contributed by atoms with van der Waals surface area (Å²) in [6.07, 6.45) is 4.51. The number of ketones is 1. The first kappa shape index (κ1) is 16.7. The monoisotopic (exact) mass is 301 g/mol. The first-order valence-corrected chi connectivity index (χ1v) is 8.30. The summed E-state index contributed by atoms with van der Waals surface area (Å²) >= 11 is 0. The molecule has 0 aliphatic heterocycles. The normalized spacial score (nSPS) is 24.6. The molecule has 0 spiro atoms. The van der Waals surface area contributed by atoms with Gasteiger partial charge in [0, 0.05) is 18.6 Å². The molecule has 3 nitrogen and oxygen atoms in total. The highest BCUT2D eigenvalue weighted by molar-refractivity contribution is 5.83. The number of carbonyl (C=O) groups excluding carboxylic acids is 1. The molecule has 3 heteroatoms. The zero-order valence-corrected chi connectivity index (χ0v) is 13.9. The molecule has 0 saturated heterocycles. The lowest BCUT2D eigenvalue weighted by atomic mass is 9.77. The first-order valence-electron chi connectivity index (χ1n) is 8.30. The Kier molecular flexibility index (Phi) is 6.17. The number of hydrogen-bond donors (Lipinski definition) is 0. The molecule has 1 aliphatic carbocycles. The van der Waals surface area contributed by atoms with E-state index in [0.717, 1.165) is 24.8 Å². The third kappa shape index (κ3) is 4.43. The van der Waals surface area contributed by atoms with Crippen molar-refractivity contribution < 1.29 is 9.63 Å². The molecule has 1 fully saturated rings. The van der Waals surface area contributed by atoms with Gasteiger partial charge in [-0.15, -0.1) is 0 Å². The highest BCUT2D eigenvalue weighted by atomic mass is 16.6. The Morgan fingerprint density at radius 1 is 1.32 bits per heavy atom. The van der Waals surface area contributed by atoms with Gasteiger partial charge in [-0.25, -0.2) is 0 Å². The van der Waals surface area contributed by atoms with Crippen molar-refractivity contribution in [1.29, 1.82) is 0 Å². The van der Waals surface area contributed by atoms with Crippen molar-refractivity contribution in [2.75, 3.05) is 0 Å². The second-order valence-electron chi connectivity index (χ2n) is 6.63. The molecule has 1 aromatic rings. The van der Waals surface area contributed by atoms with Gasteiger partial charge >= 0.3 is 0 Å². The number of hydrogen-bond acceptors (Lipinski definition) is 3. The van der Waals surface area contributed by atoms with Crippen molar-refractivity contribution in [3.05, 3.63) is 35.9 Å². The Balaban J connectivity index is 1.73. The first-order chi connectivity index (χ1) is 10.6. The Labute approximate surface area is 133 Å². The van der Waals surface area contributed by atoms with Crippen LogP contribution < -0.4 is 0 Å². The number of carbonyl (C=O) groups is 1. The lowest BCUT2D eigenvalue weighted by Crippen LogP contribution is -2.26. The predicted molar refractivity (Wildman–Crippen MR) is 89.6 cm³/mol. The largest absolute Gasteiger partial charge is 0.391 e. The van der Waals surface area contributed by atoms with E-state index in [0.29, 0.717) is 30.1 Å². The number of oxime groups is 1. The van der Waals surface area contributed by atoms with Crippen LogP contribution in [0.3, 0.4) is 0 Å². The van der Waals surface area contributed by atoms with Crippen LogP contribution in [0.4, 0.5) is 0 Å². The lowest BCUT2D eigenvalue weighted by Gasteiger charge is -2.26. The van der Waals surface area contributed by atoms with Crippen LogP contribution in [-0.4, -0.2) is 12.0 Å². The quantitative estimate of drug-likeness (QED) is 0.550. The smallest absolute Gasteiger partial charge is 0.142 e. The molecule has 1 aliphatic rings. The van der Waals surface area contributed by atoms with E-state index >= 15 is 0 Å². The molecule has 0 radical (unpaired) electrons. The van der Waals surface area contributed by atoms with E-state index in [2.05, 4.69) is 25.9 Å². The van der Waals surface area contributed by atoms with Gasteiger partial charge in [-0.3, -0.25) is 4.79 Å². The maximum Gasteiger partial charge on any atom is 0.142 e. The standard InChI is InChI=1S/C19H27NO2/c1-14(16(3)19-15(2)9-10-18(19)21)11-12-20-22-13-17-7-5-4-6-8-17/h4-8,12,14-16,19H,9-11,13H2,1-3H3/b20-12+/t14-,15?,16?,19+/m1/s1. The molecule has 22 heavy (non-hydrogen) atoms. The van der Waals surface area contributed by atoms with Gasteiger partial charge in [0.05, 0.1) is 0 Å². The van der Waals surface area contributed by atoms with Crippen molar-refractivity contribution in [3.63, 3.8) is 0 Å². The van der Waals surface area contributed by atoms with Crippen LogP contribution in [0.2, 0.25) is 0 Å². The molecular formula is C19H27NO2. The summed E-state index contributed by atoms with van der Waals surface area (Å²) in [4.78, 5) is 17.3. The van der Waals surface area contributed by atoms with Crippen LogP contribution in [0, 0.1) is 23.7 Å². The Hall–Kier alpha value is -1.64. The van der Waals surface area contributed by atoms with Gasteiger partial charge in [0.25, 0.3) is 0 Å². The molecule has 0 amide bonds. The fourth-order valence-corrected chi connectivity index (χ4v) is 3.36. The highest BCUT2D eigenvalue weighted by Gasteiger charge is 2.37. The van der Waals surface area contributed by atoms with E-state index < -0.39 is 0 Å². The number of benzene rings is 1. The van der Waals surface area contributed by atoms with E-state index in [4.69, 9.17) is 4.84 Å². The molecular weight excluding hydrogens is 274 g/mol. The molecule has 1 aromatic carbocycles. The summed E-state index contributed by atoms with van der Waals surface area (Å²) in [6, 6.07) is 10.0. The van der Waals surface area contributed by atoms with Crippen molar-refractivity contribution >= 4 is 12.0 Å². The Morgan fingerprint density at radius 2 is 2.05 bits per heavy atom. The average Bonchev–Trinajstić information content (AvgIpc) is 2.86. The van der Waals surface area contributed by atoms with Crippen LogP contribution in [0.1, 0.15) is 45.6 Å². The molecule has 0 bridgehead atoms.